The Morgan fingerprint density at radius 3 is 2.07 bits per heavy atom. The van der Waals surface area contributed by atoms with Gasteiger partial charge in [0.05, 0.1) is 6.10 Å². The maximum atomic E-state index is 7.45. The molecule has 0 fully saturated rings. The van der Waals surface area contributed by atoms with Crippen LogP contribution in [0.1, 0.15) is 40.0 Å². The molecule has 0 saturated carbocycles. The van der Waals surface area contributed by atoms with Gasteiger partial charge in [-0.3, -0.25) is 0 Å². The monoisotopic (exact) mass is 400 g/mol. The Kier molecular flexibility index (Phi) is 5.76. The summed E-state index contributed by atoms with van der Waals surface area (Å²) in [6, 6.07) is 22.0. The molecule has 2 aliphatic rings. The first-order valence-electron chi connectivity index (χ1n) is 10.8. The number of fused-ring (bicyclic) bond motifs is 2. The van der Waals surface area contributed by atoms with E-state index in [2.05, 4.69) is 112 Å². The fourth-order valence-electron chi connectivity index (χ4n) is 4.87. The molecule has 2 aromatic rings. The molecule has 2 aromatic carbocycles. The molecule has 0 N–H and O–H groups in total. The molecular weight excluding hydrogens is 368 g/mol. The van der Waals surface area contributed by atoms with Crippen molar-refractivity contribution in [3.8, 4) is 0 Å². The Labute approximate surface area is 177 Å². The van der Waals surface area contributed by atoms with E-state index in [1.807, 2.05) is 0 Å². The van der Waals surface area contributed by atoms with E-state index in [1.165, 1.54) is 15.9 Å². The van der Waals surface area contributed by atoms with E-state index in [-0.39, 0.29) is 11.1 Å². The van der Waals surface area contributed by atoms with Gasteiger partial charge in [-0.15, -0.1) is 0 Å². The molecule has 4 rings (SSSR count). The number of allylic oxidation sites excluding steroid dienone is 4. The zero-order valence-electron chi connectivity index (χ0n) is 17.8. The minimum Gasteiger partial charge on any atom is -0.404 e. The summed E-state index contributed by atoms with van der Waals surface area (Å²) in [4.78, 5) is 0. The molecule has 0 aliphatic heterocycles. The molecular formula is C27H32OSi. The third-order valence-corrected chi connectivity index (χ3v) is 11.4. The van der Waals surface area contributed by atoms with Crippen molar-refractivity contribution in [2.45, 2.75) is 51.2 Å². The second kappa shape index (κ2) is 8.29. The van der Waals surface area contributed by atoms with Gasteiger partial charge in [-0.2, -0.15) is 0 Å². The highest BCUT2D eigenvalue weighted by Gasteiger charge is 2.52. The lowest BCUT2D eigenvalue weighted by Crippen LogP contribution is -2.68. The predicted molar refractivity (Wildman–Crippen MR) is 126 cm³/mol. The van der Waals surface area contributed by atoms with Crippen molar-refractivity contribution >= 4 is 18.7 Å². The summed E-state index contributed by atoms with van der Waals surface area (Å²) in [6.07, 6.45) is 15.0. The van der Waals surface area contributed by atoms with Crippen molar-refractivity contribution in [2.24, 2.45) is 5.92 Å². The van der Waals surface area contributed by atoms with Gasteiger partial charge < -0.3 is 4.43 Å². The summed E-state index contributed by atoms with van der Waals surface area (Å²) in [6.45, 7) is 7.08. The molecule has 0 aromatic heterocycles. The van der Waals surface area contributed by atoms with Crippen molar-refractivity contribution in [1.82, 2.24) is 0 Å². The molecule has 0 spiro atoms. The maximum absolute atomic E-state index is 7.45. The van der Waals surface area contributed by atoms with Gasteiger partial charge in [-0.05, 0) is 34.7 Å². The van der Waals surface area contributed by atoms with E-state index in [0.717, 1.165) is 19.3 Å². The molecule has 0 radical (unpaired) electrons. The molecule has 0 heterocycles. The smallest absolute Gasteiger partial charge is 0.261 e. The standard InChI is InChI=1S/C27H32OSi/c1-27(2,3)29(24-16-6-4-7-17-24,25-18-8-5-9-19-25)28-26-20-12-14-22-13-10-11-15-23(26)21-22/h4-9,11-19,23,26H,10,20-21H2,1-3H3/t23?,26-/m0/s1. The van der Waals surface area contributed by atoms with Crippen LogP contribution in [-0.2, 0) is 4.43 Å². The molecule has 0 amide bonds. The molecule has 1 unspecified atom stereocenters. The van der Waals surface area contributed by atoms with E-state index in [9.17, 15) is 0 Å². The lowest BCUT2D eigenvalue weighted by Gasteiger charge is -2.46. The highest BCUT2D eigenvalue weighted by Crippen LogP contribution is 2.40. The molecule has 0 saturated heterocycles. The summed E-state index contributed by atoms with van der Waals surface area (Å²) >= 11 is 0. The van der Waals surface area contributed by atoms with Crippen LogP contribution in [0, 0.1) is 5.92 Å². The number of hydrogen-bond acceptors (Lipinski definition) is 1. The first-order chi connectivity index (χ1) is 14.0. The highest BCUT2D eigenvalue weighted by molar-refractivity contribution is 6.99. The van der Waals surface area contributed by atoms with Crippen LogP contribution in [-0.4, -0.2) is 14.4 Å². The van der Waals surface area contributed by atoms with Gasteiger partial charge >= 0.3 is 0 Å². The van der Waals surface area contributed by atoms with E-state index in [1.54, 1.807) is 0 Å². The van der Waals surface area contributed by atoms with Gasteiger partial charge in [0, 0.05) is 5.92 Å². The summed E-state index contributed by atoms with van der Waals surface area (Å²) in [7, 11) is -2.52. The normalized spacial score (nSPS) is 22.0. The van der Waals surface area contributed by atoms with Crippen LogP contribution in [0.4, 0.5) is 0 Å². The fourth-order valence-corrected chi connectivity index (χ4v) is 9.61. The van der Waals surface area contributed by atoms with Crippen LogP contribution in [0.25, 0.3) is 0 Å². The Morgan fingerprint density at radius 2 is 1.48 bits per heavy atom. The average molecular weight is 401 g/mol. The lowest BCUT2D eigenvalue weighted by atomic mass is 9.96. The third kappa shape index (κ3) is 3.97. The van der Waals surface area contributed by atoms with Crippen molar-refractivity contribution in [1.29, 1.82) is 0 Å². The maximum Gasteiger partial charge on any atom is 0.261 e. The summed E-state index contributed by atoms with van der Waals surface area (Å²) in [5.41, 5.74) is 1.45. The molecule has 1 nitrogen and oxygen atoms in total. The van der Waals surface area contributed by atoms with Crippen molar-refractivity contribution in [2.75, 3.05) is 0 Å². The fraction of sp³-hybridized carbons (Fsp3) is 0.333. The van der Waals surface area contributed by atoms with Gasteiger partial charge in [0.1, 0.15) is 0 Å². The Balaban J connectivity index is 1.85. The van der Waals surface area contributed by atoms with Crippen molar-refractivity contribution in [3.05, 3.63) is 96.6 Å². The minimum absolute atomic E-state index is 0.0127. The van der Waals surface area contributed by atoms with Gasteiger partial charge in [0.15, 0.2) is 0 Å². The summed E-state index contributed by atoms with van der Waals surface area (Å²) in [5, 5.41) is 2.74. The zero-order chi connectivity index (χ0) is 20.3. The molecule has 2 heteroatoms. The molecule has 2 bridgehead atoms. The number of benzene rings is 2. The van der Waals surface area contributed by atoms with Gasteiger partial charge in [0.2, 0.25) is 0 Å². The average Bonchev–Trinajstić information content (AvgIpc) is 3.07. The van der Waals surface area contributed by atoms with Crippen molar-refractivity contribution < 1.29 is 4.43 Å². The van der Waals surface area contributed by atoms with E-state index >= 15 is 0 Å². The Morgan fingerprint density at radius 1 is 0.862 bits per heavy atom. The van der Waals surface area contributed by atoms with Crippen LogP contribution >= 0.6 is 0 Å². The quantitative estimate of drug-likeness (QED) is 0.467. The molecule has 2 atom stereocenters. The SMILES string of the molecule is CC(C)(C)[Si](O[C@H]1CC=CC2=CCC=CC1C2)(c1ccccc1)c1ccccc1. The second-order valence-corrected chi connectivity index (χ2v) is 13.5. The lowest BCUT2D eigenvalue weighted by molar-refractivity contribution is 0.148. The van der Waals surface area contributed by atoms with Crippen LogP contribution in [0.3, 0.4) is 0 Å². The van der Waals surface area contributed by atoms with Crippen LogP contribution in [0.5, 0.6) is 0 Å². The first kappa shape index (κ1) is 20.1. The van der Waals surface area contributed by atoms with E-state index in [4.69, 9.17) is 4.43 Å². The van der Waals surface area contributed by atoms with Crippen LogP contribution in [0.2, 0.25) is 5.04 Å². The summed E-state index contributed by atoms with van der Waals surface area (Å²) in [5.74, 6) is 0.431. The van der Waals surface area contributed by atoms with Gasteiger partial charge in [-0.1, -0.05) is 117 Å². The van der Waals surface area contributed by atoms with E-state index in [0.29, 0.717) is 5.92 Å². The third-order valence-electron chi connectivity index (χ3n) is 6.29. The van der Waals surface area contributed by atoms with Crippen LogP contribution < -0.4 is 10.4 Å². The molecule has 150 valence electrons. The van der Waals surface area contributed by atoms with Crippen LogP contribution in [0.15, 0.2) is 96.6 Å². The Hall–Kier alpha value is -2.16. The summed E-state index contributed by atoms with van der Waals surface area (Å²) < 4.78 is 7.45. The minimum atomic E-state index is -2.52. The number of hydrogen-bond donors (Lipinski definition) is 0. The second-order valence-electron chi connectivity index (χ2n) is 9.27. The van der Waals surface area contributed by atoms with Gasteiger partial charge in [0.25, 0.3) is 8.32 Å². The predicted octanol–water partition coefficient (Wildman–Crippen LogP) is 5.78. The highest BCUT2D eigenvalue weighted by atomic mass is 28.4. The Bertz CT molecular complexity index is 863. The number of rotatable bonds is 4. The first-order valence-corrected chi connectivity index (χ1v) is 12.7. The molecule has 2 aliphatic carbocycles. The van der Waals surface area contributed by atoms with Crippen molar-refractivity contribution in [3.63, 3.8) is 0 Å². The topological polar surface area (TPSA) is 9.23 Å². The zero-order valence-corrected chi connectivity index (χ0v) is 18.8. The van der Waals surface area contributed by atoms with Gasteiger partial charge in [-0.25, -0.2) is 0 Å². The largest absolute Gasteiger partial charge is 0.404 e. The molecule has 29 heavy (non-hydrogen) atoms. The van der Waals surface area contributed by atoms with E-state index < -0.39 is 8.32 Å².